The van der Waals surface area contributed by atoms with Crippen molar-refractivity contribution in [2.45, 2.75) is 0 Å². The van der Waals surface area contributed by atoms with E-state index in [1.165, 1.54) is 80.7 Å². The summed E-state index contributed by atoms with van der Waals surface area (Å²) < 4.78 is 9.08. The second-order valence-electron chi connectivity index (χ2n) is 16.8. The Labute approximate surface area is 380 Å². The van der Waals surface area contributed by atoms with Gasteiger partial charge in [0, 0.05) is 59.1 Å². The summed E-state index contributed by atoms with van der Waals surface area (Å²) in [5.74, 6) is 0. The van der Waals surface area contributed by atoms with Gasteiger partial charge in [0.15, 0.2) is 0 Å². The fraction of sp³-hybridized carbons (Fsp3) is 0. The molecule has 2 heterocycles. The van der Waals surface area contributed by atoms with Gasteiger partial charge >= 0.3 is 0 Å². The highest BCUT2D eigenvalue weighted by atomic mass is 32.1. The van der Waals surface area contributed by atoms with E-state index in [9.17, 15) is 0 Å². The molecule has 0 unspecified atom stereocenters. The van der Waals surface area contributed by atoms with Crippen LogP contribution in [0.4, 0.5) is 17.1 Å². The summed E-state index contributed by atoms with van der Waals surface area (Å²) in [7, 11) is 0. The van der Waals surface area contributed by atoms with E-state index in [0.717, 1.165) is 44.6 Å². The van der Waals surface area contributed by atoms with Crippen LogP contribution in [0.3, 0.4) is 0 Å². The summed E-state index contributed by atoms with van der Waals surface area (Å²) >= 11 is 1.87. The van der Waals surface area contributed by atoms with Crippen LogP contribution in [-0.2, 0) is 0 Å². The van der Waals surface area contributed by atoms with Crippen molar-refractivity contribution < 1.29 is 4.42 Å². The molecule has 3 heteroatoms. The lowest BCUT2D eigenvalue weighted by Gasteiger charge is -2.26. The molecule has 2 nitrogen and oxygen atoms in total. The second kappa shape index (κ2) is 15.2. The van der Waals surface area contributed by atoms with E-state index in [4.69, 9.17) is 4.42 Å². The Bertz CT molecular complexity index is 3920. The number of hydrogen-bond donors (Lipinski definition) is 0. The number of hydrogen-bond acceptors (Lipinski definition) is 3. The van der Waals surface area contributed by atoms with Gasteiger partial charge in [-0.1, -0.05) is 188 Å². The van der Waals surface area contributed by atoms with Gasteiger partial charge in [-0.05, 0) is 103 Å². The first-order valence-corrected chi connectivity index (χ1v) is 23.0. The van der Waals surface area contributed by atoms with Crippen LogP contribution in [0.25, 0.3) is 108 Å². The fourth-order valence-corrected chi connectivity index (χ4v) is 11.3. The molecule has 0 aliphatic carbocycles. The van der Waals surface area contributed by atoms with E-state index in [0.29, 0.717) is 0 Å². The summed E-state index contributed by atoms with van der Waals surface area (Å²) in [6.45, 7) is 0. The molecule has 13 rings (SSSR count). The number of furan rings is 1. The maximum absolute atomic E-state index is 6.53. The number of anilines is 3. The van der Waals surface area contributed by atoms with Crippen molar-refractivity contribution in [3.05, 3.63) is 237 Å². The maximum Gasteiger partial charge on any atom is 0.143 e. The summed E-state index contributed by atoms with van der Waals surface area (Å²) in [5.41, 5.74) is 14.7. The van der Waals surface area contributed by atoms with Crippen molar-refractivity contribution in [1.82, 2.24) is 0 Å². The van der Waals surface area contributed by atoms with Gasteiger partial charge in [-0.3, -0.25) is 0 Å². The van der Waals surface area contributed by atoms with Crippen LogP contribution in [-0.4, -0.2) is 0 Å². The molecule has 65 heavy (non-hydrogen) atoms. The van der Waals surface area contributed by atoms with Gasteiger partial charge in [0.05, 0.1) is 0 Å². The number of nitrogens with zero attached hydrogens (tertiary/aromatic N) is 1. The average molecular weight is 846 g/mol. The molecule has 0 fully saturated rings. The van der Waals surface area contributed by atoms with Crippen molar-refractivity contribution in [2.75, 3.05) is 4.90 Å². The predicted molar refractivity (Wildman–Crippen MR) is 278 cm³/mol. The summed E-state index contributed by atoms with van der Waals surface area (Å²) in [6.07, 6.45) is 0. The highest BCUT2D eigenvalue weighted by Gasteiger charge is 2.19. The van der Waals surface area contributed by atoms with Gasteiger partial charge in [-0.2, -0.15) is 0 Å². The van der Waals surface area contributed by atoms with Gasteiger partial charge in [0.1, 0.15) is 11.2 Å². The molecule has 0 saturated carbocycles. The van der Waals surface area contributed by atoms with E-state index in [2.05, 4.69) is 235 Å². The van der Waals surface area contributed by atoms with E-state index in [1.807, 2.05) is 17.4 Å². The molecule has 0 aliphatic heterocycles. The maximum atomic E-state index is 6.53. The van der Waals surface area contributed by atoms with Crippen molar-refractivity contribution in [3.63, 3.8) is 0 Å². The predicted octanol–water partition coefficient (Wildman–Crippen LogP) is 18.4. The first-order chi connectivity index (χ1) is 32.2. The number of thiophene rings is 1. The van der Waals surface area contributed by atoms with E-state index >= 15 is 0 Å². The minimum atomic E-state index is 0.915. The molecule has 2 aromatic heterocycles. The van der Waals surface area contributed by atoms with Crippen molar-refractivity contribution >= 4 is 92.1 Å². The molecule has 0 atom stereocenters. The molecule has 0 N–H and O–H groups in total. The van der Waals surface area contributed by atoms with E-state index in [-0.39, 0.29) is 0 Å². The Morgan fingerprint density at radius 2 is 0.769 bits per heavy atom. The molecule has 0 amide bonds. The van der Waals surface area contributed by atoms with Crippen LogP contribution in [0.5, 0.6) is 0 Å². The molecule has 0 radical (unpaired) electrons. The van der Waals surface area contributed by atoms with Gasteiger partial charge in [0.2, 0.25) is 0 Å². The molecular weight excluding hydrogens is 807 g/mol. The zero-order valence-corrected chi connectivity index (χ0v) is 36.1. The van der Waals surface area contributed by atoms with E-state index in [1.54, 1.807) is 0 Å². The zero-order valence-electron chi connectivity index (χ0n) is 35.3. The number of fused-ring (bicyclic) bond motifs is 9. The summed E-state index contributed by atoms with van der Waals surface area (Å²) in [5, 5.41) is 9.89. The lowest BCUT2D eigenvalue weighted by atomic mass is 9.93. The summed E-state index contributed by atoms with van der Waals surface area (Å²) in [6, 6.07) is 85.8. The monoisotopic (exact) mass is 845 g/mol. The van der Waals surface area contributed by atoms with Crippen LogP contribution in [0.1, 0.15) is 0 Å². The van der Waals surface area contributed by atoms with Crippen LogP contribution in [0.15, 0.2) is 241 Å². The smallest absolute Gasteiger partial charge is 0.143 e. The van der Waals surface area contributed by atoms with Gasteiger partial charge in [-0.25, -0.2) is 0 Å². The molecule has 0 saturated heterocycles. The van der Waals surface area contributed by atoms with Crippen molar-refractivity contribution in [3.8, 4) is 44.5 Å². The molecule has 0 aliphatic rings. The van der Waals surface area contributed by atoms with Gasteiger partial charge in [-0.15, -0.1) is 11.3 Å². The third-order valence-corrected chi connectivity index (χ3v) is 14.4. The Kier molecular flexibility index (Phi) is 8.75. The van der Waals surface area contributed by atoms with Crippen molar-refractivity contribution in [2.24, 2.45) is 0 Å². The van der Waals surface area contributed by atoms with Crippen LogP contribution >= 0.6 is 11.3 Å². The Hall–Kier alpha value is -8.24. The standard InChI is InChI=1S/C62H39NOS/c1-2-13-40(14-3-1)41-27-33-45(34-28-41)63(47-37-31-43(32-38-47)58-39-44-15-4-5-16-48(44)50-17-6-7-18-51(50)58)46-35-29-42(30-36-46)49-20-10-24-56-57-25-12-23-55(62(57)65-61(49)56)54-22-11-21-53-52-19-8-9-26-59(52)64-60(53)54/h1-39H. The average Bonchev–Trinajstić information content (AvgIpc) is 3.96. The third kappa shape index (κ3) is 6.24. The number of benzene rings is 11. The Morgan fingerprint density at radius 3 is 1.46 bits per heavy atom. The number of para-hydroxylation sites is 2. The topological polar surface area (TPSA) is 16.4 Å². The van der Waals surface area contributed by atoms with Gasteiger partial charge in [0.25, 0.3) is 0 Å². The van der Waals surface area contributed by atoms with Crippen LogP contribution < -0.4 is 4.90 Å². The van der Waals surface area contributed by atoms with Crippen molar-refractivity contribution in [1.29, 1.82) is 0 Å². The summed E-state index contributed by atoms with van der Waals surface area (Å²) in [4.78, 5) is 2.37. The molecule has 13 aromatic rings. The highest BCUT2D eigenvalue weighted by Crippen LogP contribution is 2.47. The fourth-order valence-electron chi connectivity index (χ4n) is 9.97. The highest BCUT2D eigenvalue weighted by molar-refractivity contribution is 7.26. The lowest BCUT2D eigenvalue weighted by Crippen LogP contribution is -2.09. The first-order valence-electron chi connectivity index (χ1n) is 22.2. The Morgan fingerprint density at radius 1 is 0.292 bits per heavy atom. The largest absolute Gasteiger partial charge is 0.455 e. The lowest BCUT2D eigenvalue weighted by molar-refractivity contribution is 0.670. The molecular formula is C62H39NOS. The van der Waals surface area contributed by atoms with Gasteiger partial charge < -0.3 is 9.32 Å². The van der Waals surface area contributed by atoms with Crippen LogP contribution in [0, 0.1) is 0 Å². The minimum absolute atomic E-state index is 0.915. The van der Waals surface area contributed by atoms with E-state index < -0.39 is 0 Å². The molecule has 304 valence electrons. The molecule has 0 spiro atoms. The third-order valence-electron chi connectivity index (χ3n) is 13.1. The minimum Gasteiger partial charge on any atom is -0.455 e. The number of rotatable bonds is 7. The first kappa shape index (κ1) is 37.3. The SMILES string of the molecule is c1ccc(-c2ccc(N(c3ccc(-c4cc5ccccc5c5ccccc45)cc3)c3ccc(-c4cccc5c4sc4c(-c6cccc7c6oc6ccccc67)cccc45)cc3)cc2)cc1. The zero-order chi connectivity index (χ0) is 42.8. The van der Waals surface area contributed by atoms with Crippen LogP contribution in [0.2, 0.25) is 0 Å². The second-order valence-corrected chi connectivity index (χ2v) is 17.8. The Balaban J connectivity index is 0.903. The normalized spacial score (nSPS) is 11.7. The quantitative estimate of drug-likeness (QED) is 0.149. The molecule has 0 bridgehead atoms. The molecule has 11 aromatic carbocycles.